The van der Waals surface area contributed by atoms with E-state index in [-0.39, 0.29) is 6.10 Å². The molecule has 1 rings (SSSR count). The zero-order valence-corrected chi connectivity index (χ0v) is 9.70. The van der Waals surface area contributed by atoms with Gasteiger partial charge in [0.2, 0.25) is 0 Å². The summed E-state index contributed by atoms with van der Waals surface area (Å²) in [6.07, 6.45) is 4.66. The number of hydrogen-bond donors (Lipinski definition) is 1. The minimum atomic E-state index is -0.0621. The van der Waals surface area contributed by atoms with Crippen LogP contribution in [-0.2, 0) is 4.74 Å². The van der Waals surface area contributed by atoms with Crippen LogP contribution in [0.15, 0.2) is 0 Å². The molecule has 0 radical (unpaired) electrons. The normalized spacial score (nSPS) is 29.8. The first kappa shape index (κ1) is 12.0. The van der Waals surface area contributed by atoms with Gasteiger partial charge >= 0.3 is 0 Å². The molecule has 1 saturated carbocycles. The molecule has 0 aromatic carbocycles. The zero-order chi connectivity index (χ0) is 10.6. The summed E-state index contributed by atoms with van der Waals surface area (Å²) in [5.41, 5.74) is 0. The third-order valence-corrected chi connectivity index (χ3v) is 3.43. The van der Waals surface area contributed by atoms with Gasteiger partial charge in [-0.2, -0.15) is 0 Å². The Kier molecular flexibility index (Phi) is 4.90. The summed E-state index contributed by atoms with van der Waals surface area (Å²) in [7, 11) is 0. The molecule has 0 heterocycles. The molecule has 0 saturated heterocycles. The average Bonchev–Trinajstić information content (AvgIpc) is 2.51. The van der Waals surface area contributed by atoms with E-state index in [0.29, 0.717) is 17.9 Å². The van der Waals surface area contributed by atoms with Crippen LogP contribution in [0.5, 0.6) is 0 Å². The molecule has 3 unspecified atom stereocenters. The maximum atomic E-state index is 9.61. The Bertz CT molecular complexity index is 156. The number of ether oxygens (including phenoxy) is 1. The van der Waals surface area contributed by atoms with E-state index < -0.39 is 0 Å². The van der Waals surface area contributed by atoms with E-state index in [0.717, 1.165) is 19.4 Å². The molecule has 1 aliphatic rings. The SMILES string of the molecule is CC(C)C(C)OCCC1CCCC1O. The van der Waals surface area contributed by atoms with Crippen LogP contribution in [0.25, 0.3) is 0 Å². The van der Waals surface area contributed by atoms with Crippen LogP contribution in [0.1, 0.15) is 46.5 Å². The lowest BCUT2D eigenvalue weighted by atomic mass is 10.0. The van der Waals surface area contributed by atoms with Gasteiger partial charge in [0.25, 0.3) is 0 Å². The second-order valence-corrected chi connectivity index (χ2v) is 4.87. The van der Waals surface area contributed by atoms with Gasteiger partial charge in [-0.25, -0.2) is 0 Å². The summed E-state index contributed by atoms with van der Waals surface area (Å²) >= 11 is 0. The van der Waals surface area contributed by atoms with Gasteiger partial charge in [0, 0.05) is 6.61 Å². The van der Waals surface area contributed by atoms with Gasteiger partial charge in [-0.1, -0.05) is 20.3 Å². The van der Waals surface area contributed by atoms with Crippen molar-refractivity contribution in [3.8, 4) is 0 Å². The Morgan fingerprint density at radius 2 is 2.00 bits per heavy atom. The molecule has 0 aromatic heterocycles. The van der Waals surface area contributed by atoms with Gasteiger partial charge in [-0.15, -0.1) is 0 Å². The Morgan fingerprint density at radius 1 is 1.29 bits per heavy atom. The first-order valence-electron chi connectivity index (χ1n) is 5.91. The van der Waals surface area contributed by atoms with Crippen molar-refractivity contribution in [2.75, 3.05) is 6.61 Å². The Hall–Kier alpha value is -0.0800. The van der Waals surface area contributed by atoms with E-state index >= 15 is 0 Å². The smallest absolute Gasteiger partial charge is 0.0569 e. The van der Waals surface area contributed by atoms with Gasteiger partial charge in [-0.05, 0) is 38.0 Å². The molecule has 0 spiro atoms. The minimum absolute atomic E-state index is 0.0621. The van der Waals surface area contributed by atoms with Crippen molar-refractivity contribution < 1.29 is 9.84 Å². The van der Waals surface area contributed by atoms with E-state index in [1.54, 1.807) is 0 Å². The fourth-order valence-electron chi connectivity index (χ4n) is 1.95. The van der Waals surface area contributed by atoms with E-state index in [4.69, 9.17) is 4.74 Å². The quantitative estimate of drug-likeness (QED) is 0.739. The summed E-state index contributed by atoms with van der Waals surface area (Å²) in [4.78, 5) is 0. The number of aliphatic hydroxyl groups is 1. The molecule has 0 amide bonds. The fraction of sp³-hybridized carbons (Fsp3) is 1.00. The highest BCUT2D eigenvalue weighted by atomic mass is 16.5. The molecule has 1 N–H and O–H groups in total. The maximum absolute atomic E-state index is 9.61. The lowest BCUT2D eigenvalue weighted by Crippen LogP contribution is -2.20. The van der Waals surface area contributed by atoms with Crippen LogP contribution < -0.4 is 0 Å². The number of hydrogen-bond acceptors (Lipinski definition) is 2. The van der Waals surface area contributed by atoms with Crippen molar-refractivity contribution in [2.45, 2.75) is 58.7 Å². The van der Waals surface area contributed by atoms with Crippen LogP contribution in [0.4, 0.5) is 0 Å². The van der Waals surface area contributed by atoms with Crippen LogP contribution in [0.3, 0.4) is 0 Å². The van der Waals surface area contributed by atoms with Crippen molar-refractivity contribution in [1.82, 2.24) is 0 Å². The molecule has 2 heteroatoms. The third kappa shape index (κ3) is 3.58. The highest BCUT2D eigenvalue weighted by molar-refractivity contribution is 4.76. The summed E-state index contributed by atoms with van der Waals surface area (Å²) in [6, 6.07) is 0. The van der Waals surface area contributed by atoms with Crippen molar-refractivity contribution >= 4 is 0 Å². The predicted molar refractivity (Wildman–Crippen MR) is 58.2 cm³/mol. The summed E-state index contributed by atoms with van der Waals surface area (Å²) in [6.45, 7) is 7.28. The van der Waals surface area contributed by atoms with Crippen molar-refractivity contribution in [3.05, 3.63) is 0 Å². The first-order chi connectivity index (χ1) is 6.61. The molecule has 0 aliphatic heterocycles. The van der Waals surface area contributed by atoms with Crippen LogP contribution in [-0.4, -0.2) is 23.9 Å². The van der Waals surface area contributed by atoms with Crippen molar-refractivity contribution in [3.63, 3.8) is 0 Å². The Labute approximate surface area is 87.7 Å². The van der Waals surface area contributed by atoms with Gasteiger partial charge in [0.15, 0.2) is 0 Å². The predicted octanol–water partition coefficient (Wildman–Crippen LogP) is 2.60. The van der Waals surface area contributed by atoms with E-state index in [2.05, 4.69) is 20.8 Å². The van der Waals surface area contributed by atoms with Crippen molar-refractivity contribution in [2.24, 2.45) is 11.8 Å². The van der Waals surface area contributed by atoms with Gasteiger partial charge in [0.1, 0.15) is 0 Å². The van der Waals surface area contributed by atoms with Gasteiger partial charge in [-0.3, -0.25) is 0 Å². The molecule has 1 aliphatic carbocycles. The Balaban J connectivity index is 2.09. The molecular formula is C12H24O2. The van der Waals surface area contributed by atoms with E-state index in [9.17, 15) is 5.11 Å². The number of rotatable bonds is 5. The molecule has 1 fully saturated rings. The largest absolute Gasteiger partial charge is 0.393 e. The van der Waals surface area contributed by atoms with Gasteiger partial charge in [0.05, 0.1) is 12.2 Å². The molecular weight excluding hydrogens is 176 g/mol. The van der Waals surface area contributed by atoms with Gasteiger partial charge < -0.3 is 9.84 Å². The summed E-state index contributed by atoms with van der Waals surface area (Å²) in [5, 5.41) is 9.61. The fourth-order valence-corrected chi connectivity index (χ4v) is 1.95. The first-order valence-corrected chi connectivity index (χ1v) is 5.91. The van der Waals surface area contributed by atoms with Crippen LogP contribution in [0.2, 0.25) is 0 Å². The van der Waals surface area contributed by atoms with Crippen LogP contribution in [0, 0.1) is 11.8 Å². The zero-order valence-electron chi connectivity index (χ0n) is 9.70. The monoisotopic (exact) mass is 200 g/mol. The summed E-state index contributed by atoms with van der Waals surface area (Å²) in [5.74, 6) is 1.08. The molecule has 3 atom stereocenters. The Morgan fingerprint density at radius 3 is 2.50 bits per heavy atom. The van der Waals surface area contributed by atoms with E-state index in [1.165, 1.54) is 12.8 Å². The highest BCUT2D eigenvalue weighted by Crippen LogP contribution is 2.28. The topological polar surface area (TPSA) is 29.5 Å². The molecule has 14 heavy (non-hydrogen) atoms. The second-order valence-electron chi connectivity index (χ2n) is 4.87. The third-order valence-electron chi connectivity index (χ3n) is 3.43. The van der Waals surface area contributed by atoms with Crippen molar-refractivity contribution in [1.29, 1.82) is 0 Å². The number of aliphatic hydroxyl groups excluding tert-OH is 1. The highest BCUT2D eigenvalue weighted by Gasteiger charge is 2.24. The molecule has 0 bridgehead atoms. The summed E-state index contributed by atoms with van der Waals surface area (Å²) < 4.78 is 5.70. The lowest BCUT2D eigenvalue weighted by Gasteiger charge is -2.19. The average molecular weight is 200 g/mol. The lowest BCUT2D eigenvalue weighted by molar-refractivity contribution is 0.0176. The minimum Gasteiger partial charge on any atom is -0.393 e. The molecule has 84 valence electrons. The maximum Gasteiger partial charge on any atom is 0.0569 e. The second kappa shape index (κ2) is 5.72. The molecule has 0 aromatic rings. The molecule has 2 nitrogen and oxygen atoms in total. The van der Waals surface area contributed by atoms with E-state index in [1.807, 2.05) is 0 Å². The standard InChI is InChI=1S/C12H24O2/c1-9(2)10(3)14-8-7-11-5-4-6-12(11)13/h9-13H,4-8H2,1-3H3. The van der Waals surface area contributed by atoms with Crippen LogP contribution >= 0.6 is 0 Å².